The number of aryl methyl sites for hydroxylation is 2. The number of benzene rings is 2. The smallest absolute Gasteiger partial charge is 0.202 e. The molecule has 104 valence electrons. The summed E-state index contributed by atoms with van der Waals surface area (Å²) in [5.41, 5.74) is 2.71. The van der Waals surface area contributed by atoms with Gasteiger partial charge in [0.25, 0.3) is 0 Å². The molecule has 0 saturated carbocycles. The van der Waals surface area contributed by atoms with Crippen LogP contribution >= 0.6 is 11.6 Å². The SMILES string of the molecule is Cc1ccc(C(=O)C(C)Oc2ccc(Cl)cc2C)cc1. The normalized spacial score (nSPS) is 12.0. The summed E-state index contributed by atoms with van der Waals surface area (Å²) in [6.07, 6.45) is -0.530. The second kappa shape index (κ2) is 6.10. The molecule has 0 spiro atoms. The lowest BCUT2D eigenvalue weighted by Gasteiger charge is -2.15. The van der Waals surface area contributed by atoms with E-state index in [4.69, 9.17) is 16.3 Å². The van der Waals surface area contributed by atoms with E-state index < -0.39 is 6.10 Å². The van der Waals surface area contributed by atoms with Gasteiger partial charge in [-0.25, -0.2) is 0 Å². The van der Waals surface area contributed by atoms with Gasteiger partial charge >= 0.3 is 0 Å². The molecule has 0 amide bonds. The van der Waals surface area contributed by atoms with Crippen molar-refractivity contribution in [1.29, 1.82) is 0 Å². The average Bonchev–Trinajstić information content (AvgIpc) is 2.42. The summed E-state index contributed by atoms with van der Waals surface area (Å²) in [5.74, 6) is 0.654. The fraction of sp³-hybridized carbons (Fsp3) is 0.235. The van der Waals surface area contributed by atoms with Gasteiger partial charge in [0.05, 0.1) is 0 Å². The van der Waals surface area contributed by atoms with Crippen LogP contribution in [0.1, 0.15) is 28.4 Å². The van der Waals surface area contributed by atoms with E-state index in [9.17, 15) is 4.79 Å². The second-order valence-electron chi connectivity index (χ2n) is 4.90. The molecule has 0 fully saturated rings. The lowest BCUT2D eigenvalue weighted by atomic mass is 10.1. The molecule has 2 aromatic rings. The molecule has 2 aromatic carbocycles. The van der Waals surface area contributed by atoms with Gasteiger partial charge in [0.15, 0.2) is 6.10 Å². The minimum Gasteiger partial charge on any atom is -0.482 e. The molecule has 3 heteroatoms. The van der Waals surface area contributed by atoms with Crippen molar-refractivity contribution in [2.45, 2.75) is 26.9 Å². The van der Waals surface area contributed by atoms with E-state index in [0.717, 1.165) is 11.1 Å². The molecule has 1 atom stereocenters. The van der Waals surface area contributed by atoms with Crippen molar-refractivity contribution in [3.63, 3.8) is 0 Å². The van der Waals surface area contributed by atoms with E-state index >= 15 is 0 Å². The zero-order chi connectivity index (χ0) is 14.7. The Labute approximate surface area is 124 Å². The van der Waals surface area contributed by atoms with Crippen molar-refractivity contribution in [1.82, 2.24) is 0 Å². The van der Waals surface area contributed by atoms with Crippen LogP contribution in [0.2, 0.25) is 5.02 Å². The molecule has 0 saturated heterocycles. The zero-order valence-corrected chi connectivity index (χ0v) is 12.6. The molecular formula is C17H17ClO2. The number of hydrogen-bond acceptors (Lipinski definition) is 2. The van der Waals surface area contributed by atoms with E-state index in [1.54, 1.807) is 19.1 Å². The van der Waals surface area contributed by atoms with Crippen LogP contribution < -0.4 is 4.74 Å². The molecule has 0 bridgehead atoms. The van der Waals surface area contributed by atoms with Gasteiger partial charge in [0, 0.05) is 10.6 Å². The predicted molar refractivity (Wildman–Crippen MR) is 81.8 cm³/mol. The van der Waals surface area contributed by atoms with Gasteiger partial charge in [-0.2, -0.15) is 0 Å². The summed E-state index contributed by atoms with van der Waals surface area (Å²) in [6.45, 7) is 5.66. The highest BCUT2D eigenvalue weighted by Crippen LogP contribution is 2.23. The van der Waals surface area contributed by atoms with Crippen molar-refractivity contribution in [2.24, 2.45) is 0 Å². The first kappa shape index (κ1) is 14.6. The molecule has 0 aliphatic rings. The van der Waals surface area contributed by atoms with Crippen molar-refractivity contribution in [3.8, 4) is 5.75 Å². The summed E-state index contributed by atoms with van der Waals surface area (Å²) >= 11 is 5.90. The van der Waals surface area contributed by atoms with Gasteiger partial charge in [-0.1, -0.05) is 41.4 Å². The first-order chi connectivity index (χ1) is 9.47. The van der Waals surface area contributed by atoms with Crippen LogP contribution in [-0.4, -0.2) is 11.9 Å². The number of carbonyl (C=O) groups is 1. The Bertz CT molecular complexity index is 617. The minimum absolute atomic E-state index is 0.0284. The summed E-state index contributed by atoms with van der Waals surface area (Å²) in [7, 11) is 0. The molecule has 2 nitrogen and oxygen atoms in total. The average molecular weight is 289 g/mol. The van der Waals surface area contributed by atoms with Crippen molar-refractivity contribution >= 4 is 17.4 Å². The molecule has 0 radical (unpaired) electrons. The lowest BCUT2D eigenvalue weighted by Crippen LogP contribution is -2.24. The molecule has 0 N–H and O–H groups in total. The van der Waals surface area contributed by atoms with E-state index in [-0.39, 0.29) is 5.78 Å². The molecular weight excluding hydrogens is 272 g/mol. The Kier molecular flexibility index (Phi) is 4.46. The van der Waals surface area contributed by atoms with Crippen LogP contribution in [0.25, 0.3) is 0 Å². The summed E-state index contributed by atoms with van der Waals surface area (Å²) in [5, 5.41) is 0.660. The highest BCUT2D eigenvalue weighted by Gasteiger charge is 2.17. The highest BCUT2D eigenvalue weighted by molar-refractivity contribution is 6.30. The zero-order valence-electron chi connectivity index (χ0n) is 11.8. The topological polar surface area (TPSA) is 26.3 Å². The number of carbonyl (C=O) groups excluding carboxylic acids is 1. The van der Waals surface area contributed by atoms with E-state index in [1.807, 2.05) is 44.2 Å². The number of ketones is 1. The fourth-order valence-electron chi connectivity index (χ4n) is 1.94. The Balaban J connectivity index is 2.13. The molecule has 0 aliphatic carbocycles. The maximum Gasteiger partial charge on any atom is 0.202 e. The molecule has 0 aliphatic heterocycles. The highest BCUT2D eigenvalue weighted by atomic mass is 35.5. The third-order valence-corrected chi connectivity index (χ3v) is 3.38. The standard InChI is InChI=1S/C17H17ClO2/c1-11-4-6-14(7-5-11)17(19)13(3)20-16-9-8-15(18)10-12(16)2/h4-10,13H,1-3H3. The number of ether oxygens (including phenoxy) is 1. The van der Waals surface area contributed by atoms with Gasteiger partial charge < -0.3 is 4.74 Å². The maximum absolute atomic E-state index is 12.3. The summed E-state index contributed by atoms with van der Waals surface area (Å²) in [6, 6.07) is 12.9. The first-order valence-electron chi connectivity index (χ1n) is 6.51. The third kappa shape index (κ3) is 3.40. The molecule has 0 aromatic heterocycles. The van der Waals surface area contributed by atoms with Crippen LogP contribution in [-0.2, 0) is 0 Å². The van der Waals surface area contributed by atoms with Crippen LogP contribution in [0.15, 0.2) is 42.5 Å². The van der Waals surface area contributed by atoms with E-state index in [0.29, 0.717) is 16.3 Å². The van der Waals surface area contributed by atoms with Crippen LogP contribution in [0.4, 0.5) is 0 Å². The quantitative estimate of drug-likeness (QED) is 0.768. The number of hydrogen-bond donors (Lipinski definition) is 0. The molecule has 0 heterocycles. The Hall–Kier alpha value is -1.80. The van der Waals surface area contributed by atoms with Crippen molar-refractivity contribution in [3.05, 3.63) is 64.2 Å². The second-order valence-corrected chi connectivity index (χ2v) is 5.34. The van der Waals surface area contributed by atoms with E-state index in [1.165, 1.54) is 0 Å². The fourth-order valence-corrected chi connectivity index (χ4v) is 2.17. The molecule has 20 heavy (non-hydrogen) atoms. The van der Waals surface area contributed by atoms with Gasteiger partial charge in [0.1, 0.15) is 5.75 Å². The van der Waals surface area contributed by atoms with Crippen LogP contribution in [0.5, 0.6) is 5.75 Å². The Morgan fingerprint density at radius 3 is 2.35 bits per heavy atom. The summed E-state index contributed by atoms with van der Waals surface area (Å²) in [4.78, 5) is 12.3. The third-order valence-electron chi connectivity index (χ3n) is 3.15. The lowest BCUT2D eigenvalue weighted by molar-refractivity contribution is 0.0817. The Morgan fingerprint density at radius 2 is 1.75 bits per heavy atom. The van der Waals surface area contributed by atoms with Gasteiger partial charge in [0.2, 0.25) is 5.78 Å². The number of halogens is 1. The maximum atomic E-state index is 12.3. The minimum atomic E-state index is -0.530. The predicted octanol–water partition coefficient (Wildman–Crippen LogP) is 4.61. The van der Waals surface area contributed by atoms with Gasteiger partial charge in [-0.05, 0) is 44.5 Å². The molecule has 1 unspecified atom stereocenters. The van der Waals surface area contributed by atoms with Crippen LogP contribution in [0, 0.1) is 13.8 Å². The van der Waals surface area contributed by atoms with Gasteiger partial charge in [-0.3, -0.25) is 4.79 Å². The van der Waals surface area contributed by atoms with E-state index in [2.05, 4.69) is 0 Å². The summed E-state index contributed by atoms with van der Waals surface area (Å²) < 4.78 is 5.74. The monoisotopic (exact) mass is 288 g/mol. The largest absolute Gasteiger partial charge is 0.482 e. The number of Topliss-reactive ketones (excluding diaryl/α,β-unsaturated/α-hetero) is 1. The van der Waals surface area contributed by atoms with Crippen LogP contribution in [0.3, 0.4) is 0 Å². The molecule has 2 rings (SSSR count). The van der Waals surface area contributed by atoms with Crippen molar-refractivity contribution < 1.29 is 9.53 Å². The Morgan fingerprint density at radius 1 is 1.10 bits per heavy atom. The van der Waals surface area contributed by atoms with Crippen molar-refractivity contribution in [2.75, 3.05) is 0 Å². The first-order valence-corrected chi connectivity index (χ1v) is 6.89. The number of rotatable bonds is 4. The van der Waals surface area contributed by atoms with Gasteiger partial charge in [-0.15, -0.1) is 0 Å².